The topological polar surface area (TPSA) is 17.1 Å². The van der Waals surface area contributed by atoms with E-state index in [1.54, 1.807) is 25.1 Å². The lowest BCUT2D eigenvalue weighted by Gasteiger charge is -2.06. The molecule has 0 saturated heterocycles. The number of halogens is 1. The Bertz CT molecular complexity index is 312. The lowest BCUT2D eigenvalue weighted by molar-refractivity contribution is -0.113. The summed E-state index contributed by atoms with van der Waals surface area (Å²) in [7, 11) is 0. The van der Waals surface area contributed by atoms with Crippen molar-refractivity contribution in [2.75, 3.05) is 0 Å². The van der Waals surface area contributed by atoms with Gasteiger partial charge in [-0.25, -0.2) is 4.39 Å². The molecule has 0 aliphatic rings. The largest absolute Gasteiger partial charge is 0.287 e. The minimum atomic E-state index is -0.260. The number of benzene rings is 1. The second-order valence-corrected chi connectivity index (χ2v) is 3.48. The van der Waals surface area contributed by atoms with Crippen LogP contribution in [0.2, 0.25) is 0 Å². The molecule has 1 rings (SSSR count). The lowest BCUT2D eigenvalue weighted by atomic mass is 10.0. The Labute approximate surface area is 82.4 Å². The number of carbonyl (C=O) groups excluding carboxylic acids is 1. The fourth-order valence-corrected chi connectivity index (χ4v) is 1.17. The highest BCUT2D eigenvalue weighted by Crippen LogP contribution is 2.13. The molecule has 3 heteroatoms. The molecule has 1 aromatic rings. The summed E-state index contributed by atoms with van der Waals surface area (Å²) < 4.78 is 13.1. The van der Waals surface area contributed by atoms with Crippen LogP contribution in [0.1, 0.15) is 12.5 Å². The molecule has 1 nitrogen and oxygen atoms in total. The molecule has 0 fully saturated rings. The van der Waals surface area contributed by atoms with Crippen molar-refractivity contribution in [3.05, 3.63) is 35.6 Å². The van der Waals surface area contributed by atoms with Gasteiger partial charge in [0.05, 0.1) is 0 Å². The quantitative estimate of drug-likeness (QED) is 0.738. The van der Waals surface area contributed by atoms with Crippen LogP contribution in [0.4, 0.5) is 4.39 Å². The second kappa shape index (κ2) is 4.42. The predicted molar refractivity (Wildman–Crippen MR) is 53.3 cm³/mol. The normalized spacial score (nSPS) is 12.5. The van der Waals surface area contributed by atoms with Crippen LogP contribution in [0.3, 0.4) is 0 Å². The van der Waals surface area contributed by atoms with Crippen LogP contribution < -0.4 is 0 Å². The molecule has 0 bridgehead atoms. The van der Waals surface area contributed by atoms with Gasteiger partial charge >= 0.3 is 0 Å². The van der Waals surface area contributed by atoms with Gasteiger partial charge < -0.3 is 0 Å². The highest BCUT2D eigenvalue weighted by molar-refractivity contribution is 7.96. The van der Waals surface area contributed by atoms with E-state index in [0.717, 1.165) is 0 Å². The zero-order chi connectivity index (χ0) is 9.84. The van der Waals surface area contributed by atoms with E-state index in [9.17, 15) is 9.18 Å². The van der Waals surface area contributed by atoms with E-state index in [1.165, 1.54) is 6.07 Å². The zero-order valence-corrected chi connectivity index (χ0v) is 8.22. The van der Waals surface area contributed by atoms with E-state index < -0.39 is 0 Å². The summed E-state index contributed by atoms with van der Waals surface area (Å²) in [5.74, 6) is -0.496. The molecule has 70 valence electrons. The Morgan fingerprint density at radius 3 is 2.69 bits per heavy atom. The fraction of sp³-hybridized carbons (Fsp3) is 0.300. The summed E-state index contributed by atoms with van der Waals surface area (Å²) in [5, 5.41) is -0.205. The van der Waals surface area contributed by atoms with Gasteiger partial charge in [-0.1, -0.05) is 25.1 Å². The minimum Gasteiger partial charge on any atom is -0.287 e. The number of thiol groups is 1. The number of hydrogen-bond acceptors (Lipinski definition) is 1. The SMILES string of the molecule is CC(Cc1ccccc1F)C(=O)S. The van der Waals surface area contributed by atoms with E-state index in [2.05, 4.69) is 12.6 Å². The molecule has 0 spiro atoms. The van der Waals surface area contributed by atoms with Gasteiger partial charge in [-0.3, -0.25) is 4.79 Å². The molecule has 0 heterocycles. The molecular formula is C10H11FOS. The Morgan fingerprint density at radius 1 is 1.54 bits per heavy atom. The maximum absolute atomic E-state index is 13.1. The first-order chi connectivity index (χ1) is 6.11. The number of hydrogen-bond donors (Lipinski definition) is 1. The van der Waals surface area contributed by atoms with Crippen LogP contribution in [0.25, 0.3) is 0 Å². The van der Waals surface area contributed by atoms with Gasteiger partial charge in [-0.15, -0.1) is 12.6 Å². The summed E-state index contributed by atoms with van der Waals surface area (Å²) in [6.45, 7) is 1.74. The first kappa shape index (κ1) is 10.3. The van der Waals surface area contributed by atoms with Gasteiger partial charge in [0.1, 0.15) is 5.82 Å². The van der Waals surface area contributed by atoms with Crippen molar-refractivity contribution < 1.29 is 9.18 Å². The van der Waals surface area contributed by atoms with E-state index in [4.69, 9.17) is 0 Å². The standard InChI is InChI=1S/C10H11FOS/c1-7(10(12)13)6-8-4-2-3-5-9(8)11/h2-5,7H,6H2,1H3,(H,12,13). The van der Waals surface area contributed by atoms with Crippen LogP contribution in [-0.4, -0.2) is 5.12 Å². The molecule has 0 aromatic heterocycles. The molecule has 0 radical (unpaired) electrons. The van der Waals surface area contributed by atoms with Gasteiger partial charge in [0.2, 0.25) is 0 Å². The summed E-state index contributed by atoms with van der Waals surface area (Å²) in [6.07, 6.45) is 0.412. The van der Waals surface area contributed by atoms with Gasteiger partial charge in [0.25, 0.3) is 0 Å². The van der Waals surface area contributed by atoms with Crippen molar-refractivity contribution in [1.82, 2.24) is 0 Å². The van der Waals surface area contributed by atoms with Crippen LogP contribution in [0.15, 0.2) is 24.3 Å². The molecule has 1 atom stereocenters. The van der Waals surface area contributed by atoms with E-state index >= 15 is 0 Å². The number of rotatable bonds is 3. The fourth-order valence-electron chi connectivity index (χ4n) is 1.08. The molecular weight excluding hydrogens is 187 g/mol. The summed E-state index contributed by atoms with van der Waals surface area (Å²) in [4.78, 5) is 10.8. The molecule has 0 aliphatic heterocycles. The van der Waals surface area contributed by atoms with Crippen molar-refractivity contribution in [1.29, 1.82) is 0 Å². The van der Waals surface area contributed by atoms with Gasteiger partial charge in [-0.05, 0) is 18.1 Å². The molecule has 1 unspecified atom stereocenters. The lowest BCUT2D eigenvalue weighted by Crippen LogP contribution is -2.08. The second-order valence-electron chi connectivity index (χ2n) is 3.03. The van der Waals surface area contributed by atoms with Crippen molar-refractivity contribution in [3.8, 4) is 0 Å². The number of carbonyl (C=O) groups is 1. The van der Waals surface area contributed by atoms with E-state index in [1.807, 2.05) is 0 Å². The predicted octanol–water partition coefficient (Wildman–Crippen LogP) is 2.46. The summed E-state index contributed by atoms with van der Waals surface area (Å²) in [5.41, 5.74) is 0.567. The molecule has 13 heavy (non-hydrogen) atoms. The zero-order valence-electron chi connectivity index (χ0n) is 7.33. The average Bonchev–Trinajstić information content (AvgIpc) is 2.08. The average molecular weight is 198 g/mol. The third-order valence-electron chi connectivity index (χ3n) is 1.91. The van der Waals surface area contributed by atoms with Crippen molar-refractivity contribution in [3.63, 3.8) is 0 Å². The first-order valence-corrected chi connectivity index (χ1v) is 4.52. The Morgan fingerprint density at radius 2 is 2.15 bits per heavy atom. The van der Waals surface area contributed by atoms with E-state index in [-0.39, 0.29) is 16.9 Å². The monoisotopic (exact) mass is 198 g/mol. The Kier molecular flexibility index (Phi) is 3.48. The minimum absolute atomic E-state index is 0.205. The van der Waals surface area contributed by atoms with Gasteiger partial charge in [0, 0.05) is 5.92 Å². The van der Waals surface area contributed by atoms with Crippen LogP contribution in [0, 0.1) is 11.7 Å². The van der Waals surface area contributed by atoms with Crippen LogP contribution in [0.5, 0.6) is 0 Å². The Hall–Kier alpha value is -0.830. The smallest absolute Gasteiger partial charge is 0.189 e. The summed E-state index contributed by atoms with van der Waals surface area (Å²) in [6, 6.07) is 6.47. The molecule has 1 aromatic carbocycles. The third kappa shape index (κ3) is 2.84. The van der Waals surface area contributed by atoms with Crippen molar-refractivity contribution in [2.45, 2.75) is 13.3 Å². The maximum atomic E-state index is 13.1. The maximum Gasteiger partial charge on any atom is 0.189 e. The molecule has 0 amide bonds. The van der Waals surface area contributed by atoms with Gasteiger partial charge in [-0.2, -0.15) is 0 Å². The molecule has 0 aliphatic carbocycles. The molecule has 0 N–H and O–H groups in total. The van der Waals surface area contributed by atoms with E-state index in [0.29, 0.717) is 12.0 Å². The van der Waals surface area contributed by atoms with Crippen molar-refractivity contribution in [2.24, 2.45) is 5.92 Å². The van der Waals surface area contributed by atoms with Crippen LogP contribution >= 0.6 is 12.6 Å². The Balaban J connectivity index is 2.74. The third-order valence-corrected chi connectivity index (χ3v) is 2.35. The first-order valence-electron chi connectivity index (χ1n) is 4.07. The highest BCUT2D eigenvalue weighted by Gasteiger charge is 2.11. The molecule has 0 saturated carbocycles. The van der Waals surface area contributed by atoms with Gasteiger partial charge in [0.15, 0.2) is 5.12 Å². The highest BCUT2D eigenvalue weighted by atomic mass is 32.1. The van der Waals surface area contributed by atoms with Crippen molar-refractivity contribution >= 4 is 17.7 Å². The van der Waals surface area contributed by atoms with Crippen LogP contribution in [-0.2, 0) is 11.2 Å². The summed E-state index contributed by atoms with van der Waals surface area (Å²) >= 11 is 3.70.